The molecule has 0 unspecified atom stereocenters. The highest BCUT2D eigenvalue weighted by Gasteiger charge is 2.09. The maximum absolute atomic E-state index is 9.35. The van der Waals surface area contributed by atoms with Crippen LogP contribution in [0.3, 0.4) is 0 Å². The van der Waals surface area contributed by atoms with E-state index in [4.69, 9.17) is 4.42 Å². The zero-order valence-electron chi connectivity index (χ0n) is 11.8. The highest BCUT2D eigenvalue weighted by Crippen LogP contribution is 2.22. The van der Waals surface area contributed by atoms with Crippen LogP contribution in [0.5, 0.6) is 0 Å². The zero-order chi connectivity index (χ0) is 14.8. The third kappa shape index (κ3) is 2.51. The molecule has 3 rings (SSSR count). The fourth-order valence-corrected chi connectivity index (χ4v) is 2.04. The molecule has 0 aliphatic carbocycles. The van der Waals surface area contributed by atoms with Crippen molar-refractivity contribution in [2.24, 2.45) is 0 Å². The lowest BCUT2D eigenvalue weighted by atomic mass is 10.2. The van der Waals surface area contributed by atoms with Crippen LogP contribution in [0.2, 0.25) is 0 Å². The highest BCUT2D eigenvalue weighted by atomic mass is 16.4. The standard InChI is InChI=1S/C16H14N4O/c1-20(2)15-8-7-12(21-15)9-11(10-17)16-18-13-5-3-4-6-14(13)19-16/h3-9H,1-2H3,(H,18,19)/b11-9-. The summed E-state index contributed by atoms with van der Waals surface area (Å²) >= 11 is 0. The normalized spacial score (nSPS) is 11.6. The molecule has 104 valence electrons. The number of hydrogen-bond donors (Lipinski definition) is 1. The average Bonchev–Trinajstić information content (AvgIpc) is 3.11. The molecule has 0 aliphatic heterocycles. The fourth-order valence-electron chi connectivity index (χ4n) is 2.04. The number of hydrogen-bond acceptors (Lipinski definition) is 4. The Labute approximate surface area is 122 Å². The molecule has 1 aromatic carbocycles. The lowest BCUT2D eigenvalue weighted by Crippen LogP contribution is -2.06. The predicted molar refractivity (Wildman–Crippen MR) is 82.6 cm³/mol. The van der Waals surface area contributed by atoms with Gasteiger partial charge in [0, 0.05) is 26.2 Å². The van der Waals surface area contributed by atoms with Crippen molar-refractivity contribution in [1.29, 1.82) is 5.26 Å². The van der Waals surface area contributed by atoms with Crippen molar-refractivity contribution in [3.8, 4) is 6.07 Å². The zero-order valence-corrected chi connectivity index (χ0v) is 11.8. The Kier molecular flexibility index (Phi) is 3.20. The number of nitrogens with zero attached hydrogens (tertiary/aromatic N) is 3. The minimum absolute atomic E-state index is 0.436. The van der Waals surface area contributed by atoms with Crippen LogP contribution < -0.4 is 4.90 Å². The lowest BCUT2D eigenvalue weighted by molar-refractivity contribution is 0.555. The van der Waals surface area contributed by atoms with Gasteiger partial charge in [0.1, 0.15) is 17.7 Å². The smallest absolute Gasteiger partial charge is 0.195 e. The maximum atomic E-state index is 9.35. The number of H-pyrrole nitrogens is 1. The van der Waals surface area contributed by atoms with E-state index in [0.29, 0.717) is 17.2 Å². The van der Waals surface area contributed by atoms with Gasteiger partial charge in [-0.2, -0.15) is 5.26 Å². The number of rotatable bonds is 3. The minimum Gasteiger partial charge on any atom is -0.441 e. The summed E-state index contributed by atoms with van der Waals surface area (Å²) in [4.78, 5) is 9.43. The van der Waals surface area contributed by atoms with Gasteiger partial charge in [-0.3, -0.25) is 0 Å². The first-order chi connectivity index (χ1) is 10.2. The van der Waals surface area contributed by atoms with Crippen molar-refractivity contribution < 1.29 is 4.42 Å². The molecule has 0 saturated heterocycles. The number of anilines is 1. The Hall–Kier alpha value is -3.00. The third-order valence-corrected chi connectivity index (χ3v) is 3.10. The molecular formula is C16H14N4O. The summed E-state index contributed by atoms with van der Waals surface area (Å²) in [6.45, 7) is 0. The van der Waals surface area contributed by atoms with Crippen LogP contribution in [0.25, 0.3) is 22.7 Å². The molecule has 3 aromatic rings. The first-order valence-corrected chi connectivity index (χ1v) is 6.51. The van der Waals surface area contributed by atoms with E-state index in [2.05, 4.69) is 16.0 Å². The van der Waals surface area contributed by atoms with Crippen LogP contribution >= 0.6 is 0 Å². The van der Waals surface area contributed by atoms with Crippen molar-refractivity contribution in [2.75, 3.05) is 19.0 Å². The molecule has 0 spiro atoms. The van der Waals surface area contributed by atoms with Crippen LogP contribution in [-0.4, -0.2) is 24.1 Å². The second-order valence-corrected chi connectivity index (χ2v) is 4.84. The summed E-state index contributed by atoms with van der Waals surface area (Å²) in [5.41, 5.74) is 2.18. The van der Waals surface area contributed by atoms with Gasteiger partial charge in [0.15, 0.2) is 5.88 Å². The molecule has 21 heavy (non-hydrogen) atoms. The monoisotopic (exact) mass is 278 g/mol. The van der Waals surface area contributed by atoms with E-state index in [-0.39, 0.29) is 0 Å². The highest BCUT2D eigenvalue weighted by molar-refractivity contribution is 5.89. The van der Waals surface area contributed by atoms with Gasteiger partial charge in [0.05, 0.1) is 16.6 Å². The van der Waals surface area contributed by atoms with Crippen LogP contribution in [0.15, 0.2) is 40.8 Å². The SMILES string of the molecule is CN(C)c1ccc(/C=C(/C#N)c2nc3ccccc3[nH]2)o1. The van der Waals surface area contributed by atoms with Crippen LogP contribution in [0.4, 0.5) is 5.88 Å². The number of para-hydroxylation sites is 2. The van der Waals surface area contributed by atoms with E-state index in [1.807, 2.05) is 55.4 Å². The molecule has 0 fully saturated rings. The summed E-state index contributed by atoms with van der Waals surface area (Å²) in [6, 6.07) is 13.5. The molecule has 0 bridgehead atoms. The molecule has 2 aromatic heterocycles. The lowest BCUT2D eigenvalue weighted by Gasteiger charge is -2.05. The van der Waals surface area contributed by atoms with Crippen LogP contribution in [-0.2, 0) is 0 Å². The number of benzene rings is 1. The van der Waals surface area contributed by atoms with Crippen molar-refractivity contribution in [3.05, 3.63) is 48.0 Å². The quantitative estimate of drug-likeness (QED) is 0.746. The van der Waals surface area contributed by atoms with E-state index >= 15 is 0 Å². The minimum atomic E-state index is 0.436. The second-order valence-electron chi connectivity index (χ2n) is 4.84. The van der Waals surface area contributed by atoms with Gasteiger partial charge in [0.2, 0.25) is 0 Å². The first kappa shape index (κ1) is 13.0. The molecule has 0 radical (unpaired) electrons. The largest absolute Gasteiger partial charge is 0.441 e. The first-order valence-electron chi connectivity index (χ1n) is 6.51. The van der Waals surface area contributed by atoms with Crippen molar-refractivity contribution >= 4 is 28.6 Å². The Balaban J connectivity index is 2.00. The summed E-state index contributed by atoms with van der Waals surface area (Å²) in [5.74, 6) is 1.90. The topological polar surface area (TPSA) is 68.8 Å². The molecule has 5 heteroatoms. The van der Waals surface area contributed by atoms with Crippen LogP contribution in [0.1, 0.15) is 11.6 Å². The predicted octanol–water partition coefficient (Wildman–Crippen LogP) is 3.29. The van der Waals surface area contributed by atoms with E-state index in [9.17, 15) is 5.26 Å². The van der Waals surface area contributed by atoms with Gasteiger partial charge >= 0.3 is 0 Å². The molecular weight excluding hydrogens is 264 g/mol. The Morgan fingerprint density at radius 2 is 2.10 bits per heavy atom. The van der Waals surface area contributed by atoms with E-state index in [1.54, 1.807) is 6.08 Å². The molecule has 2 heterocycles. The number of allylic oxidation sites excluding steroid dienone is 1. The van der Waals surface area contributed by atoms with Crippen molar-refractivity contribution in [2.45, 2.75) is 0 Å². The molecule has 1 N–H and O–H groups in total. The summed E-state index contributed by atoms with van der Waals surface area (Å²) in [7, 11) is 3.80. The number of aromatic nitrogens is 2. The van der Waals surface area contributed by atoms with Gasteiger partial charge in [-0.15, -0.1) is 0 Å². The number of fused-ring (bicyclic) bond motifs is 1. The Bertz CT molecular complexity index is 815. The Morgan fingerprint density at radius 1 is 1.29 bits per heavy atom. The second kappa shape index (κ2) is 5.17. The molecule has 5 nitrogen and oxygen atoms in total. The third-order valence-electron chi connectivity index (χ3n) is 3.10. The molecule has 0 atom stereocenters. The van der Waals surface area contributed by atoms with Gasteiger partial charge in [0.25, 0.3) is 0 Å². The molecule has 0 amide bonds. The molecule has 0 saturated carbocycles. The Morgan fingerprint density at radius 3 is 2.76 bits per heavy atom. The van der Waals surface area contributed by atoms with Crippen molar-refractivity contribution in [3.63, 3.8) is 0 Å². The fraction of sp³-hybridized carbons (Fsp3) is 0.125. The van der Waals surface area contributed by atoms with Gasteiger partial charge in [-0.1, -0.05) is 12.1 Å². The summed E-state index contributed by atoms with van der Waals surface area (Å²) < 4.78 is 5.63. The van der Waals surface area contributed by atoms with Crippen molar-refractivity contribution in [1.82, 2.24) is 9.97 Å². The van der Waals surface area contributed by atoms with E-state index in [0.717, 1.165) is 16.9 Å². The number of furan rings is 1. The van der Waals surface area contributed by atoms with E-state index in [1.165, 1.54) is 0 Å². The maximum Gasteiger partial charge on any atom is 0.195 e. The molecule has 0 aliphatic rings. The summed E-state index contributed by atoms with van der Waals surface area (Å²) in [6.07, 6.45) is 1.69. The van der Waals surface area contributed by atoms with Gasteiger partial charge in [-0.25, -0.2) is 4.98 Å². The number of nitriles is 1. The van der Waals surface area contributed by atoms with Crippen LogP contribution in [0, 0.1) is 11.3 Å². The average molecular weight is 278 g/mol. The number of aromatic amines is 1. The summed E-state index contributed by atoms with van der Waals surface area (Å²) in [5, 5.41) is 9.35. The number of nitrogens with one attached hydrogen (secondary N) is 1. The van der Waals surface area contributed by atoms with E-state index < -0.39 is 0 Å². The number of imidazole rings is 1. The van der Waals surface area contributed by atoms with Gasteiger partial charge in [-0.05, 0) is 18.2 Å². The van der Waals surface area contributed by atoms with Gasteiger partial charge < -0.3 is 14.3 Å².